The topological polar surface area (TPSA) is 94.6 Å². The second-order valence-corrected chi connectivity index (χ2v) is 6.59. The van der Waals surface area contributed by atoms with Gasteiger partial charge in [0.15, 0.2) is 6.61 Å². The van der Waals surface area contributed by atoms with E-state index < -0.39 is 28.8 Å². The molecule has 0 unspecified atom stereocenters. The van der Waals surface area contributed by atoms with Crippen molar-refractivity contribution in [3.05, 3.63) is 48.2 Å². The van der Waals surface area contributed by atoms with E-state index in [1.807, 2.05) is 0 Å². The first-order valence-corrected chi connectivity index (χ1v) is 8.46. The Bertz CT molecular complexity index is 866. The van der Waals surface area contributed by atoms with Gasteiger partial charge in [-0.25, -0.2) is 18.2 Å². The number of carbonyl (C=O) groups is 1. The highest BCUT2D eigenvalue weighted by atomic mass is 32.2. The van der Waals surface area contributed by atoms with Crippen LogP contribution in [0.3, 0.4) is 0 Å². The zero-order valence-electron chi connectivity index (χ0n) is 13.3. The molecule has 0 aliphatic carbocycles. The molecule has 1 aromatic carbocycles. The van der Waals surface area contributed by atoms with E-state index in [2.05, 4.69) is 19.2 Å². The van der Waals surface area contributed by atoms with Gasteiger partial charge in [0.2, 0.25) is 5.88 Å². The maximum atomic E-state index is 12.3. The van der Waals surface area contributed by atoms with Gasteiger partial charge in [-0.15, -0.1) is 0 Å². The van der Waals surface area contributed by atoms with Crippen LogP contribution < -0.4 is 9.46 Å². The molecule has 0 atom stereocenters. The summed E-state index contributed by atoms with van der Waals surface area (Å²) < 4.78 is 71.9. The molecule has 7 nitrogen and oxygen atoms in total. The highest BCUT2D eigenvalue weighted by Gasteiger charge is 2.28. The Morgan fingerprint density at radius 3 is 2.31 bits per heavy atom. The Balaban J connectivity index is 2.08. The van der Waals surface area contributed by atoms with Crippen LogP contribution in [0.15, 0.2) is 47.5 Å². The zero-order chi connectivity index (χ0) is 19.4. The lowest BCUT2D eigenvalue weighted by atomic mass is 10.2. The third kappa shape index (κ3) is 5.34. The van der Waals surface area contributed by atoms with Crippen LogP contribution in [0, 0.1) is 0 Å². The molecule has 0 saturated carbocycles. The molecular formula is C15H13F3N2O5S. The number of alkyl halides is 3. The Kier molecular flexibility index (Phi) is 5.70. The number of benzene rings is 1. The van der Waals surface area contributed by atoms with Crippen molar-refractivity contribution < 1.29 is 35.9 Å². The van der Waals surface area contributed by atoms with Gasteiger partial charge in [0.1, 0.15) is 0 Å². The van der Waals surface area contributed by atoms with E-state index >= 15 is 0 Å². The summed E-state index contributed by atoms with van der Waals surface area (Å²) in [5.41, 5.74) is 0.209. The first kappa shape index (κ1) is 19.5. The Labute approximate surface area is 146 Å². The van der Waals surface area contributed by atoms with Gasteiger partial charge in [0, 0.05) is 6.07 Å². The number of hydrogen-bond donors (Lipinski definition) is 1. The van der Waals surface area contributed by atoms with Crippen LogP contribution in [0.4, 0.5) is 18.9 Å². The van der Waals surface area contributed by atoms with Crippen LogP contribution in [0.1, 0.15) is 10.4 Å². The van der Waals surface area contributed by atoms with Crippen molar-refractivity contribution in [2.45, 2.75) is 11.1 Å². The number of methoxy groups -OCH3 is 1. The number of nitrogens with one attached hydrogen (secondary N) is 1. The molecule has 0 aliphatic rings. The monoisotopic (exact) mass is 390 g/mol. The molecule has 1 heterocycles. The largest absolute Gasteiger partial charge is 0.468 e. The van der Waals surface area contributed by atoms with Crippen LogP contribution in [0.25, 0.3) is 0 Å². The fourth-order valence-corrected chi connectivity index (χ4v) is 2.83. The zero-order valence-corrected chi connectivity index (χ0v) is 14.1. The molecule has 26 heavy (non-hydrogen) atoms. The van der Waals surface area contributed by atoms with Crippen molar-refractivity contribution in [1.82, 2.24) is 4.98 Å². The van der Waals surface area contributed by atoms with E-state index in [-0.39, 0.29) is 22.0 Å². The van der Waals surface area contributed by atoms with Crippen LogP contribution in [0.2, 0.25) is 0 Å². The molecule has 0 saturated heterocycles. The summed E-state index contributed by atoms with van der Waals surface area (Å²) in [7, 11) is -2.78. The van der Waals surface area contributed by atoms with Crippen molar-refractivity contribution in [2.24, 2.45) is 0 Å². The average Bonchev–Trinajstić information content (AvgIpc) is 2.59. The summed E-state index contributed by atoms with van der Waals surface area (Å²) in [5, 5.41) is 0. The van der Waals surface area contributed by atoms with Crippen LogP contribution in [-0.2, 0) is 14.8 Å². The van der Waals surface area contributed by atoms with Crippen molar-refractivity contribution >= 4 is 21.7 Å². The van der Waals surface area contributed by atoms with Crippen molar-refractivity contribution in [3.8, 4) is 5.88 Å². The summed E-state index contributed by atoms with van der Waals surface area (Å²) >= 11 is 0. The summed E-state index contributed by atoms with van der Waals surface area (Å²) in [6.07, 6.45) is -3.48. The number of halogens is 3. The molecular weight excluding hydrogens is 377 g/mol. The molecule has 0 fully saturated rings. The maximum absolute atomic E-state index is 12.3. The fourth-order valence-electron chi connectivity index (χ4n) is 1.78. The van der Waals surface area contributed by atoms with Gasteiger partial charge in [-0.1, -0.05) is 0 Å². The van der Waals surface area contributed by atoms with E-state index in [1.54, 1.807) is 0 Å². The number of rotatable bonds is 6. The second-order valence-electron chi connectivity index (χ2n) is 4.91. The molecule has 140 valence electrons. The third-order valence-electron chi connectivity index (χ3n) is 2.96. The summed E-state index contributed by atoms with van der Waals surface area (Å²) in [6.45, 7) is -1.50. The highest BCUT2D eigenvalue weighted by molar-refractivity contribution is 7.92. The molecule has 0 aliphatic heterocycles. The SMILES string of the molecule is COC(=O)c1ccc(S(=O)(=O)Nc2ccc(OCC(F)(F)F)nc2)cc1. The quantitative estimate of drug-likeness (QED) is 0.762. The van der Waals surface area contributed by atoms with Crippen LogP contribution in [0.5, 0.6) is 5.88 Å². The minimum Gasteiger partial charge on any atom is -0.468 e. The number of esters is 1. The molecule has 0 bridgehead atoms. The smallest absolute Gasteiger partial charge is 0.422 e. The number of carbonyl (C=O) groups excluding carboxylic acids is 1. The number of ether oxygens (including phenoxy) is 2. The van der Waals surface area contributed by atoms with Gasteiger partial charge in [-0.2, -0.15) is 13.2 Å². The van der Waals surface area contributed by atoms with Gasteiger partial charge < -0.3 is 9.47 Å². The van der Waals surface area contributed by atoms with E-state index in [4.69, 9.17) is 0 Å². The average molecular weight is 390 g/mol. The van der Waals surface area contributed by atoms with Gasteiger partial charge in [-0.3, -0.25) is 4.72 Å². The molecule has 2 rings (SSSR count). The molecule has 0 spiro atoms. The number of hydrogen-bond acceptors (Lipinski definition) is 6. The number of nitrogens with zero attached hydrogens (tertiary/aromatic N) is 1. The lowest BCUT2D eigenvalue weighted by molar-refractivity contribution is -0.154. The Morgan fingerprint density at radius 1 is 1.15 bits per heavy atom. The van der Waals surface area contributed by atoms with Crippen LogP contribution >= 0.6 is 0 Å². The standard InChI is InChI=1S/C15H13F3N2O5S/c1-24-14(21)10-2-5-12(6-3-10)26(22,23)20-11-4-7-13(19-8-11)25-9-15(16,17)18/h2-8,20H,9H2,1H3. The minimum atomic E-state index is -4.50. The summed E-state index contributed by atoms with van der Waals surface area (Å²) in [5.74, 6) is -0.909. The number of anilines is 1. The third-order valence-corrected chi connectivity index (χ3v) is 4.36. The number of aromatic nitrogens is 1. The second kappa shape index (κ2) is 7.60. The summed E-state index contributed by atoms with van der Waals surface area (Å²) in [4.78, 5) is 14.8. The summed E-state index contributed by atoms with van der Waals surface area (Å²) in [6, 6.07) is 7.30. The number of sulfonamides is 1. The van der Waals surface area contributed by atoms with E-state index in [0.29, 0.717) is 0 Å². The lowest BCUT2D eigenvalue weighted by Gasteiger charge is -2.10. The van der Waals surface area contributed by atoms with Gasteiger partial charge in [0.25, 0.3) is 10.0 Å². The molecule has 1 aromatic heterocycles. The molecule has 0 amide bonds. The lowest BCUT2D eigenvalue weighted by Crippen LogP contribution is -2.19. The Morgan fingerprint density at radius 2 is 1.81 bits per heavy atom. The van der Waals surface area contributed by atoms with Gasteiger partial charge in [-0.05, 0) is 30.3 Å². The van der Waals surface area contributed by atoms with Gasteiger partial charge in [0.05, 0.1) is 29.5 Å². The van der Waals surface area contributed by atoms with Crippen LogP contribution in [-0.4, -0.2) is 39.3 Å². The minimum absolute atomic E-state index is 0.0291. The van der Waals surface area contributed by atoms with Crippen molar-refractivity contribution in [2.75, 3.05) is 18.4 Å². The van der Waals surface area contributed by atoms with Crippen molar-refractivity contribution in [1.29, 1.82) is 0 Å². The number of pyridine rings is 1. The predicted octanol–water partition coefficient (Wildman–Crippen LogP) is 2.61. The van der Waals surface area contributed by atoms with E-state index in [0.717, 1.165) is 12.3 Å². The molecule has 2 aromatic rings. The molecule has 11 heteroatoms. The Hall–Kier alpha value is -2.82. The van der Waals surface area contributed by atoms with E-state index in [9.17, 15) is 26.4 Å². The first-order chi connectivity index (χ1) is 12.1. The highest BCUT2D eigenvalue weighted by Crippen LogP contribution is 2.20. The van der Waals surface area contributed by atoms with Gasteiger partial charge >= 0.3 is 12.1 Å². The predicted molar refractivity (Wildman–Crippen MR) is 84.4 cm³/mol. The fraction of sp³-hybridized carbons (Fsp3) is 0.200. The normalized spacial score (nSPS) is 11.7. The molecule has 1 N–H and O–H groups in total. The first-order valence-electron chi connectivity index (χ1n) is 6.97. The van der Waals surface area contributed by atoms with Crippen molar-refractivity contribution in [3.63, 3.8) is 0 Å². The maximum Gasteiger partial charge on any atom is 0.422 e. The van der Waals surface area contributed by atoms with E-state index in [1.165, 1.54) is 37.4 Å². The molecule has 0 radical (unpaired) electrons.